The van der Waals surface area contributed by atoms with Gasteiger partial charge in [0.2, 0.25) is 0 Å². The molecule has 1 aliphatic heterocycles. The number of aromatic nitrogens is 2. The Morgan fingerprint density at radius 3 is 2.00 bits per heavy atom. The van der Waals surface area contributed by atoms with E-state index in [-0.39, 0.29) is 0 Å². The lowest BCUT2D eigenvalue weighted by atomic mass is 10.1. The lowest BCUT2D eigenvalue weighted by Crippen LogP contribution is -2.17. The topological polar surface area (TPSA) is 13.1 Å². The SMILES string of the molecule is c1ccc(-n2c3ccccc3c3ccc4c(c5cccc6c5n4-c4ccccc4N6c4ccc5sc6ccccc6c5c4)c32)cc1. The Morgan fingerprint density at radius 2 is 1.09 bits per heavy atom. The van der Waals surface area contributed by atoms with E-state index in [0.29, 0.717) is 0 Å². The van der Waals surface area contributed by atoms with Gasteiger partial charge in [0.15, 0.2) is 0 Å². The van der Waals surface area contributed by atoms with Crippen molar-refractivity contribution >= 4 is 92.2 Å². The first-order chi connectivity index (χ1) is 22.8. The van der Waals surface area contributed by atoms with Crippen molar-refractivity contribution in [1.29, 1.82) is 0 Å². The molecule has 0 unspecified atom stereocenters. The third-order valence-electron chi connectivity index (χ3n) is 9.80. The Balaban J connectivity index is 1.29. The summed E-state index contributed by atoms with van der Waals surface area (Å²) in [5.41, 5.74) is 10.9. The average Bonchev–Trinajstić information content (AvgIpc) is 3.77. The van der Waals surface area contributed by atoms with Gasteiger partial charge in [-0.1, -0.05) is 84.9 Å². The summed E-state index contributed by atoms with van der Waals surface area (Å²) in [4.78, 5) is 2.46. The van der Waals surface area contributed by atoms with Crippen LogP contribution < -0.4 is 4.90 Å². The van der Waals surface area contributed by atoms with E-state index in [9.17, 15) is 0 Å². The van der Waals surface area contributed by atoms with E-state index in [0.717, 1.165) is 0 Å². The van der Waals surface area contributed by atoms with Crippen molar-refractivity contribution in [3.05, 3.63) is 152 Å². The van der Waals surface area contributed by atoms with E-state index in [2.05, 4.69) is 166 Å². The third kappa shape index (κ3) is 3.06. The van der Waals surface area contributed by atoms with Crippen molar-refractivity contribution in [3.63, 3.8) is 0 Å². The van der Waals surface area contributed by atoms with Crippen LogP contribution in [0.2, 0.25) is 0 Å². The molecule has 0 saturated carbocycles. The van der Waals surface area contributed by atoms with Crippen molar-refractivity contribution in [2.24, 2.45) is 0 Å². The van der Waals surface area contributed by atoms with E-state index < -0.39 is 0 Å². The molecule has 0 bridgehead atoms. The Hall–Kier alpha value is -5.84. The predicted octanol–water partition coefficient (Wildman–Crippen LogP) is 12.0. The predicted molar refractivity (Wildman–Crippen MR) is 196 cm³/mol. The quantitative estimate of drug-likeness (QED) is 0.192. The molecular weight excluding hydrogens is 579 g/mol. The second-order valence-electron chi connectivity index (χ2n) is 12.2. The Morgan fingerprint density at radius 1 is 0.370 bits per heavy atom. The molecule has 0 saturated heterocycles. The number of nitrogens with zero attached hydrogens (tertiary/aromatic N) is 3. The third-order valence-corrected chi connectivity index (χ3v) is 11.0. The summed E-state index contributed by atoms with van der Waals surface area (Å²) >= 11 is 1.87. The van der Waals surface area contributed by atoms with Gasteiger partial charge in [-0.3, -0.25) is 0 Å². The highest BCUT2D eigenvalue weighted by molar-refractivity contribution is 7.25. The van der Waals surface area contributed by atoms with Crippen LogP contribution in [0.1, 0.15) is 0 Å². The van der Waals surface area contributed by atoms with E-state index in [1.54, 1.807) is 0 Å². The fraction of sp³-hybridized carbons (Fsp3) is 0. The van der Waals surface area contributed by atoms with Gasteiger partial charge in [0, 0.05) is 53.1 Å². The number of rotatable bonds is 2. The molecule has 0 aliphatic carbocycles. The van der Waals surface area contributed by atoms with Crippen LogP contribution in [-0.2, 0) is 0 Å². The van der Waals surface area contributed by atoms with Crippen LogP contribution in [0.5, 0.6) is 0 Å². The normalized spacial score (nSPS) is 12.7. The largest absolute Gasteiger partial charge is 0.309 e. The van der Waals surface area contributed by atoms with Crippen molar-refractivity contribution in [3.8, 4) is 11.4 Å². The minimum absolute atomic E-state index is 1.17. The van der Waals surface area contributed by atoms with Crippen LogP contribution in [0.15, 0.2) is 152 Å². The molecule has 4 heterocycles. The molecule has 3 aromatic heterocycles. The number of para-hydroxylation sites is 5. The van der Waals surface area contributed by atoms with Gasteiger partial charge in [-0.2, -0.15) is 0 Å². The summed E-state index contributed by atoms with van der Waals surface area (Å²) in [5, 5.41) is 7.72. The van der Waals surface area contributed by atoms with E-state index in [4.69, 9.17) is 0 Å². The van der Waals surface area contributed by atoms with Gasteiger partial charge in [-0.25, -0.2) is 0 Å². The van der Waals surface area contributed by atoms with Gasteiger partial charge in [0.25, 0.3) is 0 Å². The summed E-state index contributed by atoms with van der Waals surface area (Å²) in [6.07, 6.45) is 0. The maximum absolute atomic E-state index is 2.50. The Bertz CT molecular complexity index is 2870. The Kier molecular flexibility index (Phi) is 4.72. The fourth-order valence-electron chi connectivity index (χ4n) is 7.97. The average molecular weight is 604 g/mol. The number of hydrogen-bond acceptors (Lipinski definition) is 2. The van der Waals surface area contributed by atoms with Crippen molar-refractivity contribution < 1.29 is 0 Å². The zero-order valence-electron chi connectivity index (χ0n) is 24.7. The fourth-order valence-corrected chi connectivity index (χ4v) is 9.05. The van der Waals surface area contributed by atoms with E-state index >= 15 is 0 Å². The van der Waals surface area contributed by atoms with Crippen LogP contribution in [0.25, 0.3) is 75.2 Å². The Labute approximate surface area is 268 Å². The minimum atomic E-state index is 1.17. The highest BCUT2D eigenvalue weighted by atomic mass is 32.1. The molecule has 4 heteroatoms. The number of thiophene rings is 1. The number of anilines is 3. The van der Waals surface area contributed by atoms with Gasteiger partial charge >= 0.3 is 0 Å². The molecule has 0 amide bonds. The maximum atomic E-state index is 2.50. The molecule has 3 nitrogen and oxygen atoms in total. The summed E-state index contributed by atoms with van der Waals surface area (Å²) < 4.78 is 7.60. The van der Waals surface area contributed by atoms with Gasteiger partial charge in [0.05, 0.1) is 39.1 Å². The maximum Gasteiger partial charge on any atom is 0.0784 e. The van der Waals surface area contributed by atoms with Crippen molar-refractivity contribution in [1.82, 2.24) is 9.13 Å². The lowest BCUT2D eigenvalue weighted by Gasteiger charge is -2.33. The summed E-state index contributed by atoms with van der Waals surface area (Å²) in [5.74, 6) is 0. The van der Waals surface area contributed by atoms with Crippen molar-refractivity contribution in [2.75, 3.05) is 4.90 Å². The minimum Gasteiger partial charge on any atom is -0.309 e. The van der Waals surface area contributed by atoms with Gasteiger partial charge < -0.3 is 14.0 Å². The number of benzene rings is 7. The molecule has 11 rings (SSSR count). The molecule has 1 aliphatic rings. The van der Waals surface area contributed by atoms with E-state index in [1.165, 1.54) is 92.2 Å². The monoisotopic (exact) mass is 603 g/mol. The van der Waals surface area contributed by atoms with Crippen LogP contribution in [0.3, 0.4) is 0 Å². The highest BCUT2D eigenvalue weighted by Crippen LogP contribution is 2.52. The smallest absolute Gasteiger partial charge is 0.0784 e. The molecule has 0 fully saturated rings. The number of fused-ring (bicyclic) bond motifs is 12. The van der Waals surface area contributed by atoms with E-state index in [1.807, 2.05) is 11.3 Å². The zero-order chi connectivity index (χ0) is 29.9. The highest BCUT2D eigenvalue weighted by Gasteiger charge is 2.30. The number of hydrogen-bond donors (Lipinski definition) is 0. The molecule has 7 aromatic carbocycles. The first kappa shape index (κ1) is 24.5. The first-order valence-electron chi connectivity index (χ1n) is 15.7. The van der Waals surface area contributed by atoms with Crippen LogP contribution in [-0.4, -0.2) is 9.13 Å². The summed E-state index contributed by atoms with van der Waals surface area (Å²) in [6.45, 7) is 0. The standard InChI is InChI=1S/C42H25N3S/c1-2-11-26(12-3-1)44-33-16-6-4-13-28(33)30-22-23-36-40(42(30)44)31-15-10-19-37-41(31)45(36)35-18-8-7-17-34(35)43(37)27-21-24-39-32(25-27)29-14-5-9-20-38(29)46-39/h1-25H. The second-order valence-corrected chi connectivity index (χ2v) is 13.2. The van der Waals surface area contributed by atoms with Crippen LogP contribution in [0, 0.1) is 0 Å². The van der Waals surface area contributed by atoms with Crippen LogP contribution >= 0.6 is 11.3 Å². The zero-order valence-corrected chi connectivity index (χ0v) is 25.5. The molecule has 0 spiro atoms. The molecule has 0 N–H and O–H groups in total. The van der Waals surface area contributed by atoms with Gasteiger partial charge in [-0.15, -0.1) is 11.3 Å². The summed E-state index contributed by atoms with van der Waals surface area (Å²) in [6, 6.07) is 55.7. The lowest BCUT2D eigenvalue weighted by molar-refractivity contribution is 1.11. The second kappa shape index (κ2) is 8.87. The molecular formula is C42H25N3S. The molecule has 214 valence electrons. The molecule has 10 aromatic rings. The van der Waals surface area contributed by atoms with Gasteiger partial charge in [0.1, 0.15) is 0 Å². The van der Waals surface area contributed by atoms with Gasteiger partial charge in [-0.05, 0) is 66.7 Å². The van der Waals surface area contributed by atoms with Crippen LogP contribution in [0.4, 0.5) is 17.1 Å². The van der Waals surface area contributed by atoms with Crippen molar-refractivity contribution in [2.45, 2.75) is 0 Å². The first-order valence-corrected chi connectivity index (χ1v) is 16.5. The molecule has 46 heavy (non-hydrogen) atoms. The molecule has 0 radical (unpaired) electrons. The molecule has 0 atom stereocenters. The summed E-state index contributed by atoms with van der Waals surface area (Å²) in [7, 11) is 0.